The molecule has 0 aliphatic rings. The molecule has 1 N–H and O–H groups in total. The first-order valence-electron chi connectivity index (χ1n) is 7.00. The largest absolute Gasteiger partial charge is 0.454 e. The van der Waals surface area contributed by atoms with E-state index in [1.807, 2.05) is 31.2 Å². The van der Waals surface area contributed by atoms with E-state index in [0.717, 1.165) is 11.1 Å². The Morgan fingerprint density at radius 3 is 2.87 bits per heavy atom. The van der Waals surface area contributed by atoms with Crippen molar-refractivity contribution in [1.82, 2.24) is 9.97 Å². The maximum atomic E-state index is 11.8. The number of rotatable bonds is 4. The summed E-state index contributed by atoms with van der Waals surface area (Å²) in [5, 5.41) is 1.80. The number of fused-ring (bicyclic) bond motifs is 1. The molecule has 0 amide bonds. The molecule has 0 saturated heterocycles. The highest BCUT2D eigenvalue weighted by Gasteiger charge is 2.06. The summed E-state index contributed by atoms with van der Waals surface area (Å²) in [4.78, 5) is 30.4. The van der Waals surface area contributed by atoms with E-state index in [9.17, 15) is 9.59 Å². The number of carbonyl (C=O) groups excluding carboxylic acids is 1. The summed E-state index contributed by atoms with van der Waals surface area (Å²) in [5.74, 6) is -0.156. The summed E-state index contributed by atoms with van der Waals surface area (Å²) < 4.78 is 5.67. The molecule has 5 nitrogen and oxygen atoms in total. The van der Waals surface area contributed by atoms with Gasteiger partial charge in [0.2, 0.25) is 0 Å². The summed E-state index contributed by atoms with van der Waals surface area (Å²) in [6, 6.07) is 9.54. The van der Waals surface area contributed by atoms with E-state index in [0.29, 0.717) is 16.0 Å². The fourth-order valence-electron chi connectivity index (χ4n) is 2.02. The predicted molar refractivity (Wildman–Crippen MR) is 90.2 cm³/mol. The van der Waals surface area contributed by atoms with Gasteiger partial charge in [-0.15, -0.1) is 11.3 Å². The SMILES string of the molecule is Cc1ccc(/C=C/C(=O)OCc2nc3ccsc3c(=O)[nH]2)cc1. The number of esters is 1. The fourth-order valence-corrected chi connectivity index (χ4v) is 2.74. The fraction of sp³-hybridized carbons (Fsp3) is 0.118. The zero-order chi connectivity index (χ0) is 16.2. The van der Waals surface area contributed by atoms with E-state index in [-0.39, 0.29) is 12.2 Å². The van der Waals surface area contributed by atoms with Gasteiger partial charge in [-0.25, -0.2) is 9.78 Å². The van der Waals surface area contributed by atoms with E-state index in [2.05, 4.69) is 9.97 Å². The molecule has 0 saturated carbocycles. The van der Waals surface area contributed by atoms with E-state index in [1.54, 1.807) is 17.5 Å². The van der Waals surface area contributed by atoms with Crippen molar-refractivity contribution < 1.29 is 9.53 Å². The van der Waals surface area contributed by atoms with E-state index < -0.39 is 5.97 Å². The number of ether oxygens (including phenoxy) is 1. The second-order valence-electron chi connectivity index (χ2n) is 5.00. The number of nitrogens with zero attached hydrogens (tertiary/aromatic N) is 1. The molecule has 0 atom stereocenters. The minimum atomic E-state index is -0.487. The molecule has 0 aliphatic heterocycles. The molecule has 0 fully saturated rings. The van der Waals surface area contributed by atoms with Crippen LogP contribution in [0.3, 0.4) is 0 Å². The number of aromatic amines is 1. The van der Waals surface area contributed by atoms with E-state index in [1.165, 1.54) is 17.4 Å². The van der Waals surface area contributed by atoms with Crippen LogP contribution >= 0.6 is 11.3 Å². The lowest BCUT2D eigenvalue weighted by molar-refractivity contribution is -0.139. The highest BCUT2D eigenvalue weighted by atomic mass is 32.1. The first-order valence-corrected chi connectivity index (χ1v) is 7.88. The quantitative estimate of drug-likeness (QED) is 0.591. The van der Waals surface area contributed by atoms with Crippen LogP contribution in [0.4, 0.5) is 0 Å². The number of benzene rings is 1. The molecular weight excluding hydrogens is 312 g/mol. The second kappa shape index (κ2) is 6.58. The first kappa shape index (κ1) is 15.2. The summed E-state index contributed by atoms with van der Waals surface area (Å²) in [6.07, 6.45) is 3.03. The number of H-pyrrole nitrogens is 1. The molecule has 3 rings (SSSR count). The molecule has 3 aromatic rings. The van der Waals surface area contributed by atoms with Crippen molar-refractivity contribution in [3.05, 3.63) is 69.1 Å². The molecule has 116 valence electrons. The maximum absolute atomic E-state index is 11.8. The molecule has 0 spiro atoms. The van der Waals surface area contributed by atoms with E-state index in [4.69, 9.17) is 4.74 Å². The van der Waals surface area contributed by atoms with Gasteiger partial charge < -0.3 is 9.72 Å². The van der Waals surface area contributed by atoms with Crippen LogP contribution in [0.5, 0.6) is 0 Å². The summed E-state index contributed by atoms with van der Waals surface area (Å²) in [7, 11) is 0. The van der Waals surface area contributed by atoms with Crippen LogP contribution in [-0.4, -0.2) is 15.9 Å². The van der Waals surface area contributed by atoms with Crippen LogP contribution in [0, 0.1) is 6.92 Å². The lowest BCUT2D eigenvalue weighted by atomic mass is 10.1. The van der Waals surface area contributed by atoms with E-state index >= 15 is 0 Å². The zero-order valence-corrected chi connectivity index (χ0v) is 13.2. The van der Waals surface area contributed by atoms with Gasteiger partial charge in [-0.3, -0.25) is 4.79 Å². The number of hydrogen-bond donors (Lipinski definition) is 1. The number of thiophene rings is 1. The number of aromatic nitrogens is 2. The van der Waals surface area contributed by atoms with Gasteiger partial charge >= 0.3 is 5.97 Å². The standard InChI is InChI=1S/C17H14N2O3S/c1-11-2-4-12(5-3-11)6-7-15(20)22-10-14-18-13-8-9-23-16(13)17(21)19-14/h2-9H,10H2,1H3,(H,18,19,21)/b7-6+. The van der Waals surface area contributed by atoms with Gasteiger partial charge in [-0.1, -0.05) is 29.8 Å². The molecule has 2 heterocycles. The predicted octanol–water partition coefficient (Wildman–Crippen LogP) is 3.05. The Hall–Kier alpha value is -2.73. The molecule has 2 aromatic heterocycles. The third kappa shape index (κ3) is 3.73. The number of aryl methyl sites for hydroxylation is 1. The van der Waals surface area contributed by atoms with Crippen molar-refractivity contribution in [2.75, 3.05) is 0 Å². The monoisotopic (exact) mass is 326 g/mol. The van der Waals surface area contributed by atoms with Crippen LogP contribution in [0.2, 0.25) is 0 Å². The highest BCUT2D eigenvalue weighted by molar-refractivity contribution is 7.17. The summed E-state index contributed by atoms with van der Waals surface area (Å²) in [5.41, 5.74) is 2.47. The Labute approximate surface area is 136 Å². The topological polar surface area (TPSA) is 72.0 Å². The molecule has 0 aliphatic carbocycles. The minimum Gasteiger partial charge on any atom is -0.454 e. The van der Waals surface area contributed by atoms with Crippen LogP contribution in [0.1, 0.15) is 17.0 Å². The number of carbonyl (C=O) groups is 1. The molecule has 0 radical (unpaired) electrons. The van der Waals surface area contributed by atoms with Crippen molar-refractivity contribution >= 4 is 33.6 Å². The van der Waals surface area contributed by atoms with Gasteiger partial charge in [0.1, 0.15) is 17.1 Å². The van der Waals surface area contributed by atoms with Gasteiger partial charge in [0.25, 0.3) is 5.56 Å². The first-order chi connectivity index (χ1) is 11.1. The molecule has 0 unspecified atom stereocenters. The smallest absolute Gasteiger partial charge is 0.331 e. The van der Waals surface area contributed by atoms with Gasteiger partial charge in [0.15, 0.2) is 0 Å². The molecular formula is C17H14N2O3S. The Morgan fingerprint density at radius 2 is 2.09 bits per heavy atom. The average molecular weight is 326 g/mol. The van der Waals surface area contributed by atoms with Crippen LogP contribution in [0.15, 0.2) is 46.6 Å². The third-order valence-electron chi connectivity index (χ3n) is 3.20. The van der Waals surface area contributed by atoms with Gasteiger partial charge in [0, 0.05) is 6.08 Å². The maximum Gasteiger partial charge on any atom is 0.331 e. The molecule has 6 heteroatoms. The summed E-state index contributed by atoms with van der Waals surface area (Å²) in [6.45, 7) is 1.93. The zero-order valence-electron chi connectivity index (χ0n) is 12.4. The van der Waals surface area contributed by atoms with Crippen molar-refractivity contribution in [2.24, 2.45) is 0 Å². The average Bonchev–Trinajstić information content (AvgIpc) is 3.01. The van der Waals surface area contributed by atoms with Crippen LogP contribution in [-0.2, 0) is 16.1 Å². The van der Waals surface area contributed by atoms with Crippen LogP contribution in [0.25, 0.3) is 16.3 Å². The molecule has 0 bridgehead atoms. The van der Waals surface area contributed by atoms with Gasteiger partial charge in [0.05, 0.1) is 5.52 Å². The summed E-state index contributed by atoms with van der Waals surface area (Å²) >= 11 is 1.33. The highest BCUT2D eigenvalue weighted by Crippen LogP contribution is 2.13. The lowest BCUT2D eigenvalue weighted by Crippen LogP contribution is -2.12. The Bertz CT molecular complexity index is 923. The Balaban J connectivity index is 1.63. The van der Waals surface area contributed by atoms with Crippen molar-refractivity contribution in [2.45, 2.75) is 13.5 Å². The minimum absolute atomic E-state index is 0.0713. The molecule has 1 aromatic carbocycles. The van der Waals surface area contributed by atoms with Crippen LogP contribution < -0.4 is 5.56 Å². The number of nitrogens with one attached hydrogen (secondary N) is 1. The second-order valence-corrected chi connectivity index (χ2v) is 5.92. The van der Waals surface area contributed by atoms with Gasteiger partial charge in [-0.2, -0.15) is 0 Å². The van der Waals surface area contributed by atoms with Crippen molar-refractivity contribution in [1.29, 1.82) is 0 Å². The van der Waals surface area contributed by atoms with Crippen molar-refractivity contribution in [3.63, 3.8) is 0 Å². The Morgan fingerprint density at radius 1 is 1.30 bits per heavy atom. The normalized spacial score (nSPS) is 11.2. The van der Waals surface area contributed by atoms with Crippen molar-refractivity contribution in [3.8, 4) is 0 Å². The lowest BCUT2D eigenvalue weighted by Gasteiger charge is -2.02. The number of hydrogen-bond acceptors (Lipinski definition) is 5. The van der Waals surface area contributed by atoms with Gasteiger partial charge in [-0.05, 0) is 30.0 Å². The molecule has 23 heavy (non-hydrogen) atoms. The third-order valence-corrected chi connectivity index (χ3v) is 4.11. The Kier molecular flexibility index (Phi) is 4.34.